The Kier molecular flexibility index (Phi) is 4.80. The lowest BCUT2D eigenvalue weighted by molar-refractivity contribution is -0.137. The zero-order valence-corrected chi connectivity index (χ0v) is 12.4. The second kappa shape index (κ2) is 6.61. The summed E-state index contributed by atoms with van der Waals surface area (Å²) in [7, 11) is 0. The third kappa shape index (κ3) is 4.16. The zero-order valence-electron chi connectivity index (χ0n) is 11.5. The van der Waals surface area contributed by atoms with E-state index in [9.17, 15) is 18.0 Å². The number of nitrogens with one attached hydrogen (secondary N) is 1. The number of halogens is 3. The van der Waals surface area contributed by atoms with Gasteiger partial charge in [0.2, 0.25) is 0 Å². The van der Waals surface area contributed by atoms with Crippen LogP contribution in [0.25, 0.3) is 0 Å². The van der Waals surface area contributed by atoms with Crippen LogP contribution in [-0.2, 0) is 6.18 Å². The van der Waals surface area contributed by atoms with Gasteiger partial charge in [-0.3, -0.25) is 15.2 Å². The molecule has 0 saturated carbocycles. The number of hydrazine groups is 1. The first-order chi connectivity index (χ1) is 10.8. The maximum absolute atomic E-state index is 12.8. The highest BCUT2D eigenvalue weighted by Gasteiger charge is 2.31. The molecule has 2 rings (SSSR count). The van der Waals surface area contributed by atoms with Crippen LogP contribution in [0.5, 0.6) is 0 Å². The van der Waals surface area contributed by atoms with E-state index in [1.54, 1.807) is 6.07 Å². The molecule has 9 heteroatoms. The summed E-state index contributed by atoms with van der Waals surface area (Å²) in [4.78, 5) is 15.9. The van der Waals surface area contributed by atoms with Crippen molar-refractivity contribution in [3.05, 3.63) is 59.9 Å². The molecule has 0 bridgehead atoms. The van der Waals surface area contributed by atoms with Gasteiger partial charge in [0.1, 0.15) is 0 Å². The van der Waals surface area contributed by atoms with Crippen molar-refractivity contribution in [3.63, 3.8) is 0 Å². The molecular formula is C14H11F3N4OS. The van der Waals surface area contributed by atoms with Crippen molar-refractivity contribution in [1.82, 2.24) is 10.4 Å². The van der Waals surface area contributed by atoms with Gasteiger partial charge in [-0.05, 0) is 42.5 Å². The van der Waals surface area contributed by atoms with E-state index in [0.29, 0.717) is 0 Å². The van der Waals surface area contributed by atoms with Gasteiger partial charge in [0.15, 0.2) is 5.11 Å². The Morgan fingerprint density at radius 1 is 1.26 bits per heavy atom. The van der Waals surface area contributed by atoms with Gasteiger partial charge in [-0.1, -0.05) is 6.07 Å². The summed E-state index contributed by atoms with van der Waals surface area (Å²) in [6.07, 6.45) is -1.74. The molecule has 0 fully saturated rings. The molecule has 1 aromatic heterocycles. The second-order valence-electron chi connectivity index (χ2n) is 4.40. The molecule has 1 heterocycles. The number of hydrogen-bond donors (Lipinski definition) is 2. The van der Waals surface area contributed by atoms with E-state index >= 15 is 0 Å². The summed E-state index contributed by atoms with van der Waals surface area (Å²) < 4.78 is 38.3. The van der Waals surface area contributed by atoms with Crippen LogP contribution in [0.2, 0.25) is 0 Å². The molecular weight excluding hydrogens is 329 g/mol. The molecule has 0 spiro atoms. The lowest BCUT2D eigenvalue weighted by Crippen LogP contribution is -2.49. The second-order valence-corrected chi connectivity index (χ2v) is 4.82. The highest BCUT2D eigenvalue weighted by Crippen LogP contribution is 2.31. The van der Waals surface area contributed by atoms with Crippen LogP contribution in [0, 0.1) is 0 Å². The summed E-state index contributed by atoms with van der Waals surface area (Å²) in [6, 6.07) is 7.32. The molecule has 1 aromatic carbocycles. The maximum Gasteiger partial charge on any atom is 0.416 e. The topological polar surface area (TPSA) is 71.2 Å². The Labute approximate surface area is 134 Å². The highest BCUT2D eigenvalue weighted by molar-refractivity contribution is 7.80. The predicted octanol–water partition coefficient (Wildman–Crippen LogP) is 2.50. The molecule has 5 nitrogen and oxygen atoms in total. The minimum Gasteiger partial charge on any atom is -0.374 e. The Balaban J connectivity index is 2.29. The molecule has 0 aliphatic heterocycles. The number of carbonyl (C=O) groups is 1. The predicted molar refractivity (Wildman–Crippen MR) is 82.4 cm³/mol. The van der Waals surface area contributed by atoms with Crippen molar-refractivity contribution >= 4 is 28.9 Å². The highest BCUT2D eigenvalue weighted by atomic mass is 32.1. The molecule has 0 atom stereocenters. The summed E-state index contributed by atoms with van der Waals surface area (Å²) >= 11 is 4.80. The van der Waals surface area contributed by atoms with Crippen LogP contribution in [0.4, 0.5) is 18.9 Å². The van der Waals surface area contributed by atoms with E-state index in [2.05, 4.69) is 10.4 Å². The van der Waals surface area contributed by atoms with Gasteiger partial charge in [0.05, 0.1) is 16.8 Å². The van der Waals surface area contributed by atoms with Gasteiger partial charge in [-0.2, -0.15) is 13.2 Å². The van der Waals surface area contributed by atoms with Crippen molar-refractivity contribution in [2.24, 2.45) is 5.73 Å². The minimum atomic E-state index is -4.52. The average molecular weight is 340 g/mol. The van der Waals surface area contributed by atoms with Crippen LogP contribution in [-0.4, -0.2) is 16.0 Å². The standard InChI is InChI=1S/C14H11F3N4OS/c15-14(16,17)10-4-1-5-11(7-10)21(13(18)23)20-12(22)9-3-2-6-19-8-9/h1-8H,(H2,18,23)(H,20,22). The third-order valence-corrected chi connectivity index (χ3v) is 2.97. The number of alkyl halides is 3. The molecule has 1 amide bonds. The number of anilines is 1. The summed E-state index contributed by atoms with van der Waals surface area (Å²) in [5.74, 6) is -0.608. The number of benzene rings is 1. The lowest BCUT2D eigenvalue weighted by Gasteiger charge is -2.24. The smallest absolute Gasteiger partial charge is 0.374 e. The Morgan fingerprint density at radius 2 is 2.00 bits per heavy atom. The molecule has 3 N–H and O–H groups in total. The van der Waals surface area contributed by atoms with Gasteiger partial charge < -0.3 is 5.73 Å². The SMILES string of the molecule is NC(=S)N(NC(=O)c1cccnc1)c1cccc(C(F)(F)F)c1. The molecule has 0 radical (unpaired) electrons. The lowest BCUT2D eigenvalue weighted by atomic mass is 10.2. The quantitative estimate of drug-likeness (QED) is 0.649. The van der Waals surface area contributed by atoms with Crippen molar-refractivity contribution in [2.75, 3.05) is 5.01 Å². The molecule has 23 heavy (non-hydrogen) atoms. The molecule has 0 aliphatic carbocycles. The fourth-order valence-electron chi connectivity index (χ4n) is 1.73. The largest absolute Gasteiger partial charge is 0.416 e. The van der Waals surface area contributed by atoms with Crippen LogP contribution in [0.1, 0.15) is 15.9 Å². The third-order valence-electron chi connectivity index (χ3n) is 2.79. The van der Waals surface area contributed by atoms with Crippen molar-refractivity contribution in [3.8, 4) is 0 Å². The van der Waals surface area contributed by atoms with Gasteiger partial charge in [-0.15, -0.1) is 0 Å². The zero-order chi connectivity index (χ0) is 17.0. The minimum absolute atomic E-state index is 0.00966. The first-order valence-electron chi connectivity index (χ1n) is 6.27. The first kappa shape index (κ1) is 16.7. The average Bonchev–Trinajstić information content (AvgIpc) is 2.52. The Hall–Kier alpha value is -2.68. The van der Waals surface area contributed by atoms with Crippen molar-refractivity contribution in [2.45, 2.75) is 6.18 Å². The fourth-order valence-corrected chi connectivity index (χ4v) is 1.88. The van der Waals surface area contributed by atoms with Crippen LogP contribution >= 0.6 is 12.2 Å². The summed E-state index contributed by atoms with van der Waals surface area (Å²) in [6.45, 7) is 0. The van der Waals surface area contributed by atoms with Crippen molar-refractivity contribution in [1.29, 1.82) is 0 Å². The van der Waals surface area contributed by atoms with Gasteiger partial charge >= 0.3 is 6.18 Å². The molecule has 0 aliphatic rings. The number of nitrogens with two attached hydrogens (primary N) is 1. The Morgan fingerprint density at radius 3 is 2.57 bits per heavy atom. The van der Waals surface area contributed by atoms with Crippen molar-refractivity contribution < 1.29 is 18.0 Å². The van der Waals surface area contributed by atoms with Gasteiger partial charge in [-0.25, -0.2) is 5.01 Å². The number of rotatable bonds is 2. The normalized spacial score (nSPS) is 10.9. The fraction of sp³-hybridized carbons (Fsp3) is 0.0714. The van der Waals surface area contributed by atoms with E-state index in [4.69, 9.17) is 18.0 Å². The van der Waals surface area contributed by atoms with Gasteiger partial charge in [0, 0.05) is 12.4 Å². The number of amides is 1. The van der Waals surface area contributed by atoms with E-state index in [1.165, 1.54) is 30.6 Å². The summed E-state index contributed by atoms with van der Waals surface area (Å²) in [5, 5.41) is 0.599. The maximum atomic E-state index is 12.8. The molecule has 2 aromatic rings. The number of pyridine rings is 1. The number of nitrogens with zero attached hydrogens (tertiary/aromatic N) is 2. The number of aromatic nitrogens is 1. The Bertz CT molecular complexity index is 721. The monoisotopic (exact) mass is 340 g/mol. The number of carbonyl (C=O) groups excluding carboxylic acids is 1. The van der Waals surface area contributed by atoms with E-state index in [1.807, 2.05) is 0 Å². The molecule has 0 unspecified atom stereocenters. The van der Waals surface area contributed by atoms with Crippen LogP contribution in [0.15, 0.2) is 48.8 Å². The molecule has 120 valence electrons. The number of thiocarbonyl (C=S) groups is 1. The van der Waals surface area contributed by atoms with E-state index < -0.39 is 17.6 Å². The molecule has 0 saturated heterocycles. The summed E-state index contributed by atoms with van der Waals surface area (Å²) in [5.41, 5.74) is 7.17. The first-order valence-corrected chi connectivity index (χ1v) is 6.67. The number of hydrogen-bond acceptors (Lipinski definition) is 3. The van der Waals surface area contributed by atoms with Crippen LogP contribution in [0.3, 0.4) is 0 Å². The van der Waals surface area contributed by atoms with Gasteiger partial charge in [0.25, 0.3) is 5.91 Å². The van der Waals surface area contributed by atoms with E-state index in [0.717, 1.165) is 17.1 Å². The van der Waals surface area contributed by atoms with Crippen LogP contribution < -0.4 is 16.2 Å². The van der Waals surface area contributed by atoms with E-state index in [-0.39, 0.29) is 16.4 Å².